The van der Waals surface area contributed by atoms with Crippen molar-refractivity contribution in [1.82, 2.24) is 0 Å². The summed E-state index contributed by atoms with van der Waals surface area (Å²) in [6.07, 6.45) is 0. The highest BCUT2D eigenvalue weighted by Crippen LogP contribution is 2.30. The van der Waals surface area contributed by atoms with Crippen molar-refractivity contribution in [2.24, 2.45) is 0 Å². The van der Waals surface area contributed by atoms with Crippen LogP contribution in [0.25, 0.3) is 0 Å². The second-order valence-electron chi connectivity index (χ2n) is 2.72. The van der Waals surface area contributed by atoms with Gasteiger partial charge in [-0.2, -0.15) is 0 Å². The minimum Gasteiger partial charge on any atom is -0.397 e. The maximum atomic E-state index is 5.82. The van der Waals surface area contributed by atoms with Gasteiger partial charge in [-0.25, -0.2) is 0 Å². The maximum absolute atomic E-state index is 5.82. The van der Waals surface area contributed by atoms with Gasteiger partial charge in [0.25, 0.3) is 0 Å². The van der Waals surface area contributed by atoms with Gasteiger partial charge in [0.1, 0.15) is 0 Å². The predicted molar refractivity (Wildman–Crippen MR) is 64.4 cm³/mol. The van der Waals surface area contributed by atoms with E-state index in [4.69, 9.17) is 40.5 Å². The fourth-order valence-electron chi connectivity index (χ4n) is 0.906. The zero-order valence-electron chi connectivity index (χ0n) is 7.28. The summed E-state index contributed by atoms with van der Waals surface area (Å²) >= 11 is 17.2. The van der Waals surface area contributed by atoms with Crippen LogP contribution in [0, 0.1) is 0 Å². The quantitative estimate of drug-likeness (QED) is 0.803. The molecule has 0 heterocycles. The minimum atomic E-state index is 0.430. The molecule has 1 aromatic rings. The highest BCUT2D eigenvalue weighted by molar-refractivity contribution is 6.42. The van der Waals surface area contributed by atoms with Crippen LogP contribution in [-0.4, -0.2) is 6.54 Å². The van der Waals surface area contributed by atoms with Gasteiger partial charge in [-0.05, 0) is 12.1 Å². The van der Waals surface area contributed by atoms with Crippen LogP contribution in [0.2, 0.25) is 10.0 Å². The Labute approximate surface area is 97.6 Å². The lowest BCUT2D eigenvalue weighted by Gasteiger charge is -2.09. The number of rotatable bonds is 3. The highest BCUT2D eigenvalue weighted by atomic mass is 35.5. The fourth-order valence-corrected chi connectivity index (χ4v) is 1.31. The van der Waals surface area contributed by atoms with Crippen molar-refractivity contribution >= 4 is 46.2 Å². The Morgan fingerprint density at radius 1 is 1.36 bits per heavy atom. The van der Waals surface area contributed by atoms with Crippen molar-refractivity contribution in [2.75, 3.05) is 17.6 Å². The van der Waals surface area contributed by atoms with Gasteiger partial charge in [-0.1, -0.05) is 41.4 Å². The van der Waals surface area contributed by atoms with Crippen LogP contribution < -0.4 is 11.1 Å². The molecule has 0 bridgehead atoms. The fraction of sp³-hybridized carbons (Fsp3) is 0.111. The first-order valence-corrected chi connectivity index (χ1v) is 4.95. The summed E-state index contributed by atoms with van der Waals surface area (Å²) in [5.74, 6) is 0. The van der Waals surface area contributed by atoms with E-state index in [9.17, 15) is 0 Å². The van der Waals surface area contributed by atoms with E-state index in [1.165, 1.54) is 0 Å². The number of hydrogen-bond donors (Lipinski definition) is 2. The number of halogens is 3. The van der Waals surface area contributed by atoms with E-state index in [1.54, 1.807) is 12.1 Å². The Hall–Kier alpha value is -0.570. The first-order chi connectivity index (χ1) is 6.50. The monoisotopic (exact) mass is 250 g/mol. The molecule has 0 saturated carbocycles. The molecule has 0 atom stereocenters. The zero-order valence-corrected chi connectivity index (χ0v) is 9.55. The third kappa shape index (κ3) is 2.98. The van der Waals surface area contributed by atoms with E-state index in [0.717, 1.165) is 0 Å². The smallest absolute Gasteiger partial charge is 0.0614 e. The van der Waals surface area contributed by atoms with E-state index in [-0.39, 0.29) is 0 Å². The first-order valence-electron chi connectivity index (χ1n) is 3.82. The SMILES string of the molecule is C=C(Cl)CNc1cc(Cl)c(Cl)cc1N. The van der Waals surface area contributed by atoms with Crippen LogP contribution in [-0.2, 0) is 0 Å². The number of nitrogens with one attached hydrogen (secondary N) is 1. The molecule has 0 saturated heterocycles. The van der Waals surface area contributed by atoms with E-state index >= 15 is 0 Å². The number of nitrogens with two attached hydrogens (primary N) is 1. The van der Waals surface area contributed by atoms with Crippen LogP contribution in [0.4, 0.5) is 11.4 Å². The van der Waals surface area contributed by atoms with Gasteiger partial charge in [-0.15, -0.1) is 0 Å². The average molecular weight is 252 g/mol. The normalized spacial score (nSPS) is 9.93. The molecular formula is C9H9Cl3N2. The largest absolute Gasteiger partial charge is 0.397 e. The molecule has 0 radical (unpaired) electrons. The van der Waals surface area contributed by atoms with Gasteiger partial charge in [0, 0.05) is 5.03 Å². The molecule has 0 aromatic heterocycles. The van der Waals surface area contributed by atoms with Crippen molar-refractivity contribution < 1.29 is 0 Å². The van der Waals surface area contributed by atoms with E-state index in [1.807, 2.05) is 0 Å². The molecule has 0 aliphatic rings. The molecule has 0 spiro atoms. The molecule has 2 nitrogen and oxygen atoms in total. The molecular weight excluding hydrogens is 242 g/mol. The van der Waals surface area contributed by atoms with Crippen molar-refractivity contribution in [3.63, 3.8) is 0 Å². The van der Waals surface area contributed by atoms with Gasteiger partial charge in [0.15, 0.2) is 0 Å². The topological polar surface area (TPSA) is 38.0 Å². The van der Waals surface area contributed by atoms with Gasteiger partial charge in [0.2, 0.25) is 0 Å². The van der Waals surface area contributed by atoms with Crippen LogP contribution in [0.3, 0.4) is 0 Å². The third-order valence-corrected chi connectivity index (χ3v) is 2.42. The number of anilines is 2. The van der Waals surface area contributed by atoms with Crippen molar-refractivity contribution in [3.05, 3.63) is 33.8 Å². The van der Waals surface area contributed by atoms with Gasteiger partial charge < -0.3 is 11.1 Å². The summed E-state index contributed by atoms with van der Waals surface area (Å²) in [6.45, 7) is 3.98. The minimum absolute atomic E-state index is 0.430. The van der Waals surface area contributed by atoms with E-state index in [2.05, 4.69) is 11.9 Å². The molecule has 3 N–H and O–H groups in total. The Morgan fingerprint density at radius 2 is 1.93 bits per heavy atom. The van der Waals surface area contributed by atoms with Crippen LogP contribution in [0.15, 0.2) is 23.7 Å². The first kappa shape index (κ1) is 11.5. The lowest BCUT2D eigenvalue weighted by Crippen LogP contribution is -2.03. The van der Waals surface area contributed by atoms with Crippen molar-refractivity contribution in [3.8, 4) is 0 Å². The van der Waals surface area contributed by atoms with E-state index in [0.29, 0.717) is 33.0 Å². The summed E-state index contributed by atoms with van der Waals surface area (Å²) < 4.78 is 0. The lowest BCUT2D eigenvalue weighted by atomic mass is 10.2. The summed E-state index contributed by atoms with van der Waals surface area (Å²) in [7, 11) is 0. The predicted octanol–water partition coefficient (Wildman–Crippen LogP) is 3.74. The second-order valence-corrected chi connectivity index (χ2v) is 4.07. The van der Waals surface area contributed by atoms with Crippen LogP contribution in [0.1, 0.15) is 0 Å². The van der Waals surface area contributed by atoms with E-state index < -0.39 is 0 Å². The highest BCUT2D eigenvalue weighted by Gasteiger charge is 2.04. The Balaban J connectivity index is 2.87. The zero-order chi connectivity index (χ0) is 10.7. The van der Waals surface area contributed by atoms with Gasteiger partial charge in [0.05, 0.1) is 28.0 Å². The molecule has 0 unspecified atom stereocenters. The Morgan fingerprint density at radius 3 is 2.50 bits per heavy atom. The van der Waals surface area contributed by atoms with Crippen molar-refractivity contribution in [2.45, 2.75) is 0 Å². The second kappa shape index (κ2) is 4.78. The molecule has 76 valence electrons. The summed E-state index contributed by atoms with van der Waals surface area (Å²) in [6, 6.07) is 3.24. The third-order valence-electron chi connectivity index (χ3n) is 1.56. The summed E-state index contributed by atoms with van der Waals surface area (Å²) in [4.78, 5) is 0. The molecule has 1 aromatic carbocycles. The van der Waals surface area contributed by atoms with Gasteiger partial charge >= 0.3 is 0 Å². The molecule has 0 aliphatic heterocycles. The number of benzene rings is 1. The lowest BCUT2D eigenvalue weighted by molar-refractivity contribution is 1.32. The van der Waals surface area contributed by atoms with Crippen LogP contribution >= 0.6 is 34.8 Å². The van der Waals surface area contributed by atoms with Gasteiger partial charge in [-0.3, -0.25) is 0 Å². The molecule has 0 aliphatic carbocycles. The molecule has 5 heteroatoms. The molecule has 1 rings (SSSR count). The molecule has 0 amide bonds. The maximum Gasteiger partial charge on any atom is 0.0614 e. The molecule has 14 heavy (non-hydrogen) atoms. The Bertz CT molecular complexity index is 363. The Kier molecular flexibility index (Phi) is 3.93. The molecule has 0 fully saturated rings. The van der Waals surface area contributed by atoms with Crippen LogP contribution in [0.5, 0.6) is 0 Å². The average Bonchev–Trinajstić information content (AvgIpc) is 2.09. The standard InChI is InChI=1S/C9H9Cl3N2/c1-5(10)4-14-9-3-7(12)6(11)2-8(9)13/h2-3,14H,1,4,13H2. The summed E-state index contributed by atoms with van der Waals surface area (Å²) in [5, 5.41) is 4.35. The number of hydrogen-bond acceptors (Lipinski definition) is 2. The number of nitrogen functional groups attached to an aromatic ring is 1. The summed E-state index contributed by atoms with van der Waals surface area (Å²) in [5.41, 5.74) is 6.92. The van der Waals surface area contributed by atoms with Crippen molar-refractivity contribution in [1.29, 1.82) is 0 Å².